The zero-order valence-electron chi connectivity index (χ0n) is 8.62. The minimum Gasteiger partial charge on any atom is -0.444 e. The minimum atomic E-state index is -0.515. The number of hydrogen-bond acceptors (Lipinski definition) is 4. The molecule has 0 spiro atoms. The SMILES string of the molecule is CC(C)(C)OC(=O)N[C@H]1CCSC1=O. The molecule has 0 unspecified atom stereocenters. The highest BCUT2D eigenvalue weighted by atomic mass is 32.2. The number of nitrogens with one attached hydrogen (secondary N) is 1. The van der Waals surface area contributed by atoms with E-state index in [4.69, 9.17) is 4.74 Å². The largest absolute Gasteiger partial charge is 0.444 e. The van der Waals surface area contributed by atoms with Crippen LogP contribution in [0.25, 0.3) is 0 Å². The van der Waals surface area contributed by atoms with Crippen LogP contribution in [0.5, 0.6) is 0 Å². The fourth-order valence-electron chi connectivity index (χ4n) is 1.08. The molecular weight excluding hydrogens is 202 g/mol. The summed E-state index contributed by atoms with van der Waals surface area (Å²) in [5.41, 5.74) is -0.515. The van der Waals surface area contributed by atoms with Crippen LogP contribution in [0.15, 0.2) is 0 Å². The molecule has 80 valence electrons. The van der Waals surface area contributed by atoms with E-state index in [0.717, 1.165) is 5.75 Å². The van der Waals surface area contributed by atoms with Crippen molar-refractivity contribution >= 4 is 23.0 Å². The van der Waals surface area contributed by atoms with Gasteiger partial charge in [0.25, 0.3) is 0 Å². The molecule has 1 heterocycles. The van der Waals surface area contributed by atoms with E-state index in [1.807, 2.05) is 0 Å². The van der Waals surface area contributed by atoms with Crippen LogP contribution in [-0.4, -0.2) is 28.6 Å². The van der Waals surface area contributed by atoms with Crippen LogP contribution in [0.2, 0.25) is 0 Å². The Hall–Kier alpha value is -0.710. The molecule has 1 atom stereocenters. The summed E-state index contributed by atoms with van der Waals surface area (Å²) in [6.07, 6.45) is 0.182. The Balaban J connectivity index is 2.37. The molecule has 1 saturated heterocycles. The lowest BCUT2D eigenvalue weighted by Gasteiger charge is -2.20. The fraction of sp³-hybridized carbons (Fsp3) is 0.778. The maximum atomic E-state index is 11.3. The van der Waals surface area contributed by atoms with Gasteiger partial charge in [-0.25, -0.2) is 4.79 Å². The van der Waals surface area contributed by atoms with Gasteiger partial charge in [0.15, 0.2) is 0 Å². The third-order valence-electron chi connectivity index (χ3n) is 1.63. The van der Waals surface area contributed by atoms with Gasteiger partial charge in [0.2, 0.25) is 5.12 Å². The van der Waals surface area contributed by atoms with Crippen LogP contribution in [-0.2, 0) is 9.53 Å². The second kappa shape index (κ2) is 4.21. The molecule has 1 aliphatic heterocycles. The Morgan fingerprint density at radius 2 is 2.21 bits per heavy atom. The number of alkyl carbamates (subject to hydrolysis) is 1. The van der Waals surface area contributed by atoms with Gasteiger partial charge in [0.1, 0.15) is 11.6 Å². The standard InChI is InChI=1S/C9H15NO3S/c1-9(2,3)13-8(12)10-6-4-5-14-7(6)11/h6H,4-5H2,1-3H3,(H,10,12)/t6-/m0/s1. The molecule has 0 aromatic rings. The smallest absolute Gasteiger partial charge is 0.408 e. The van der Waals surface area contributed by atoms with E-state index in [0.29, 0.717) is 6.42 Å². The second-order valence-corrected chi connectivity index (χ2v) is 5.25. The van der Waals surface area contributed by atoms with Gasteiger partial charge in [-0.3, -0.25) is 4.79 Å². The van der Waals surface area contributed by atoms with Crippen LogP contribution in [0.3, 0.4) is 0 Å². The molecule has 1 amide bonds. The summed E-state index contributed by atoms with van der Waals surface area (Å²) >= 11 is 1.26. The molecule has 1 N–H and O–H groups in total. The third kappa shape index (κ3) is 3.57. The zero-order valence-corrected chi connectivity index (χ0v) is 9.44. The molecule has 4 nitrogen and oxygen atoms in total. The van der Waals surface area contributed by atoms with Gasteiger partial charge in [0, 0.05) is 5.75 Å². The van der Waals surface area contributed by atoms with Gasteiger partial charge in [-0.1, -0.05) is 11.8 Å². The molecule has 0 bridgehead atoms. The van der Waals surface area contributed by atoms with Crippen molar-refractivity contribution in [3.8, 4) is 0 Å². The van der Waals surface area contributed by atoms with E-state index in [1.54, 1.807) is 20.8 Å². The summed E-state index contributed by atoms with van der Waals surface area (Å²) in [5, 5.41) is 2.58. The van der Waals surface area contributed by atoms with Crippen molar-refractivity contribution in [1.82, 2.24) is 5.32 Å². The van der Waals surface area contributed by atoms with E-state index < -0.39 is 11.7 Å². The minimum absolute atomic E-state index is 0.0239. The van der Waals surface area contributed by atoms with Crippen molar-refractivity contribution in [2.24, 2.45) is 0 Å². The van der Waals surface area contributed by atoms with Crippen LogP contribution in [0, 0.1) is 0 Å². The normalized spacial score (nSPS) is 22.2. The van der Waals surface area contributed by atoms with Crippen LogP contribution < -0.4 is 5.32 Å². The number of amides is 1. The highest BCUT2D eigenvalue weighted by Gasteiger charge is 2.28. The average Bonchev–Trinajstić information content (AvgIpc) is 2.32. The van der Waals surface area contributed by atoms with Crippen molar-refractivity contribution in [3.63, 3.8) is 0 Å². The molecular formula is C9H15NO3S. The first-order valence-electron chi connectivity index (χ1n) is 4.54. The summed E-state index contributed by atoms with van der Waals surface area (Å²) < 4.78 is 5.04. The Morgan fingerprint density at radius 1 is 1.57 bits per heavy atom. The number of rotatable bonds is 1. The number of hydrogen-bond donors (Lipinski definition) is 1. The van der Waals surface area contributed by atoms with Crippen LogP contribution >= 0.6 is 11.8 Å². The van der Waals surface area contributed by atoms with E-state index >= 15 is 0 Å². The summed E-state index contributed by atoms with van der Waals surface area (Å²) in [6.45, 7) is 5.37. The summed E-state index contributed by atoms with van der Waals surface area (Å²) in [6, 6.07) is -0.366. The molecule has 0 aromatic heterocycles. The van der Waals surface area contributed by atoms with E-state index in [-0.39, 0.29) is 11.2 Å². The molecule has 1 aliphatic rings. The van der Waals surface area contributed by atoms with Crippen LogP contribution in [0.4, 0.5) is 4.79 Å². The molecule has 0 aromatic carbocycles. The van der Waals surface area contributed by atoms with Gasteiger partial charge < -0.3 is 10.1 Å². The molecule has 0 radical (unpaired) electrons. The van der Waals surface area contributed by atoms with Gasteiger partial charge in [0.05, 0.1) is 0 Å². The molecule has 1 fully saturated rings. The number of thioether (sulfide) groups is 1. The Labute approximate surface area is 87.8 Å². The summed E-state index contributed by atoms with van der Waals surface area (Å²) in [5.74, 6) is 0.777. The molecule has 5 heteroatoms. The zero-order chi connectivity index (χ0) is 10.8. The van der Waals surface area contributed by atoms with Crippen molar-refractivity contribution in [2.75, 3.05) is 5.75 Å². The maximum Gasteiger partial charge on any atom is 0.408 e. The predicted octanol–water partition coefficient (Wildman–Crippen LogP) is 1.54. The molecule has 14 heavy (non-hydrogen) atoms. The topological polar surface area (TPSA) is 55.4 Å². The van der Waals surface area contributed by atoms with Crippen LogP contribution in [0.1, 0.15) is 27.2 Å². The first-order valence-corrected chi connectivity index (χ1v) is 5.53. The molecule has 0 saturated carbocycles. The lowest BCUT2D eigenvalue weighted by Crippen LogP contribution is -2.40. The average molecular weight is 217 g/mol. The highest BCUT2D eigenvalue weighted by molar-refractivity contribution is 8.14. The summed E-state index contributed by atoms with van der Waals surface area (Å²) in [4.78, 5) is 22.4. The van der Waals surface area contributed by atoms with E-state index in [2.05, 4.69) is 5.32 Å². The van der Waals surface area contributed by atoms with Gasteiger partial charge in [-0.05, 0) is 27.2 Å². The maximum absolute atomic E-state index is 11.3. The van der Waals surface area contributed by atoms with Gasteiger partial charge >= 0.3 is 6.09 Å². The van der Waals surface area contributed by atoms with E-state index in [9.17, 15) is 9.59 Å². The monoisotopic (exact) mass is 217 g/mol. The van der Waals surface area contributed by atoms with Crippen molar-refractivity contribution < 1.29 is 14.3 Å². The third-order valence-corrected chi connectivity index (χ3v) is 2.64. The quantitative estimate of drug-likeness (QED) is 0.724. The lowest BCUT2D eigenvalue weighted by atomic mass is 10.2. The molecule has 1 rings (SSSR count). The first-order chi connectivity index (χ1) is 6.38. The van der Waals surface area contributed by atoms with E-state index in [1.165, 1.54) is 11.8 Å². The number of carbonyl (C=O) groups excluding carboxylic acids is 2. The summed E-state index contributed by atoms with van der Waals surface area (Å²) in [7, 11) is 0. The second-order valence-electron chi connectivity index (χ2n) is 4.15. The number of carbonyl (C=O) groups is 2. The highest BCUT2D eigenvalue weighted by Crippen LogP contribution is 2.19. The molecule has 0 aliphatic carbocycles. The first kappa shape index (κ1) is 11.4. The Bertz CT molecular complexity index is 247. The van der Waals surface area contributed by atoms with Crippen molar-refractivity contribution in [1.29, 1.82) is 0 Å². The Kier molecular flexibility index (Phi) is 3.42. The van der Waals surface area contributed by atoms with Crippen molar-refractivity contribution in [2.45, 2.75) is 38.8 Å². The fourth-order valence-corrected chi connectivity index (χ4v) is 2.01. The predicted molar refractivity (Wildman–Crippen MR) is 55.2 cm³/mol. The van der Waals surface area contributed by atoms with Gasteiger partial charge in [-0.2, -0.15) is 0 Å². The number of ether oxygens (including phenoxy) is 1. The lowest BCUT2D eigenvalue weighted by molar-refractivity contribution is -0.112. The van der Waals surface area contributed by atoms with Crippen molar-refractivity contribution in [3.05, 3.63) is 0 Å². The van der Waals surface area contributed by atoms with Gasteiger partial charge in [-0.15, -0.1) is 0 Å². The Morgan fingerprint density at radius 3 is 2.64 bits per heavy atom.